The minimum absolute atomic E-state index is 0.823. The second kappa shape index (κ2) is 8.43. The summed E-state index contributed by atoms with van der Waals surface area (Å²) in [7, 11) is 0. The van der Waals surface area contributed by atoms with Crippen LogP contribution in [0.5, 0.6) is 0 Å². The maximum absolute atomic E-state index is 6.21. The molecule has 0 saturated heterocycles. The van der Waals surface area contributed by atoms with E-state index in [0.29, 0.717) is 0 Å². The van der Waals surface area contributed by atoms with Gasteiger partial charge in [0.2, 0.25) is 0 Å². The van der Waals surface area contributed by atoms with E-state index in [2.05, 4.69) is 70.1 Å². The fourth-order valence-electron chi connectivity index (χ4n) is 4.48. The number of rotatable bonds is 6. The lowest BCUT2D eigenvalue weighted by atomic mass is 9.98. The predicted octanol–water partition coefficient (Wildman–Crippen LogP) is 7.03. The molecule has 2 aromatic carbocycles. The molecule has 30 heavy (non-hydrogen) atoms. The summed E-state index contributed by atoms with van der Waals surface area (Å²) < 4.78 is 3.63. The molecule has 0 saturated carbocycles. The summed E-state index contributed by atoms with van der Waals surface area (Å²) in [5, 5.41) is 5.78. The van der Waals surface area contributed by atoms with Gasteiger partial charge in [-0.1, -0.05) is 42.0 Å². The summed E-state index contributed by atoms with van der Waals surface area (Å²) in [6.07, 6.45) is 8.86. The SMILES string of the molecule is C=CCn1cc(C2=CCN(CCc3csc4ccc(Cl)cc34)CC2)c2ccccc21. The molecule has 2 nitrogen and oxygen atoms in total. The van der Waals surface area contributed by atoms with E-state index in [-0.39, 0.29) is 0 Å². The maximum atomic E-state index is 6.21. The van der Waals surface area contributed by atoms with Gasteiger partial charge < -0.3 is 4.57 Å². The largest absolute Gasteiger partial charge is 0.343 e. The van der Waals surface area contributed by atoms with Crippen molar-refractivity contribution >= 4 is 49.5 Å². The van der Waals surface area contributed by atoms with Crippen molar-refractivity contribution in [2.24, 2.45) is 0 Å². The minimum Gasteiger partial charge on any atom is -0.343 e. The van der Waals surface area contributed by atoms with E-state index in [9.17, 15) is 0 Å². The highest BCUT2D eigenvalue weighted by atomic mass is 35.5. The zero-order valence-corrected chi connectivity index (χ0v) is 18.6. The molecule has 1 aliphatic heterocycles. The molecular weight excluding hydrogens is 408 g/mol. The lowest BCUT2D eigenvalue weighted by Crippen LogP contribution is -2.30. The zero-order valence-electron chi connectivity index (χ0n) is 17.0. The van der Waals surface area contributed by atoms with Gasteiger partial charge in [-0.05, 0) is 59.0 Å². The number of hydrogen-bond donors (Lipinski definition) is 0. The number of para-hydroxylation sites is 1. The van der Waals surface area contributed by atoms with Crippen LogP contribution in [0, 0.1) is 0 Å². The number of thiophene rings is 1. The first-order valence-electron chi connectivity index (χ1n) is 10.5. The molecule has 1 aliphatic rings. The Labute approximate surface area is 186 Å². The van der Waals surface area contributed by atoms with Gasteiger partial charge >= 0.3 is 0 Å². The molecule has 3 heterocycles. The number of allylic oxidation sites excluding steroid dienone is 1. The van der Waals surface area contributed by atoms with Crippen LogP contribution in [-0.2, 0) is 13.0 Å². The first kappa shape index (κ1) is 19.6. The average molecular weight is 433 g/mol. The molecule has 4 heteroatoms. The summed E-state index contributed by atoms with van der Waals surface area (Å²) in [5.74, 6) is 0. The Kier molecular flexibility index (Phi) is 5.51. The number of nitrogens with zero attached hydrogens (tertiary/aromatic N) is 2. The van der Waals surface area contributed by atoms with Crippen molar-refractivity contribution in [2.75, 3.05) is 19.6 Å². The van der Waals surface area contributed by atoms with E-state index in [1.807, 2.05) is 23.5 Å². The third-order valence-electron chi connectivity index (χ3n) is 6.07. The Morgan fingerprint density at radius 2 is 2.03 bits per heavy atom. The molecule has 0 fully saturated rings. The molecule has 0 bridgehead atoms. The van der Waals surface area contributed by atoms with Crippen molar-refractivity contribution < 1.29 is 0 Å². The predicted molar refractivity (Wildman–Crippen MR) is 132 cm³/mol. The Balaban J connectivity index is 1.31. The van der Waals surface area contributed by atoms with Crippen LogP contribution in [0.15, 0.2) is 72.8 Å². The standard InChI is InChI=1S/C26H25ClN2S/c1-2-12-29-17-24(22-5-3-4-6-25(22)29)19-9-13-28(14-10-19)15-11-20-18-30-26-8-7-21(27)16-23(20)26/h2-9,16-18H,1,10-15H2. The summed E-state index contributed by atoms with van der Waals surface area (Å²) in [4.78, 5) is 2.56. The third kappa shape index (κ3) is 3.74. The molecule has 0 aliphatic carbocycles. The van der Waals surface area contributed by atoms with E-state index < -0.39 is 0 Å². The molecule has 0 unspecified atom stereocenters. The Hall–Kier alpha value is -2.33. The van der Waals surface area contributed by atoms with Crippen LogP contribution in [0.25, 0.3) is 26.6 Å². The van der Waals surface area contributed by atoms with Gasteiger partial charge in [-0.25, -0.2) is 0 Å². The molecule has 4 aromatic rings. The number of halogens is 1. The Morgan fingerprint density at radius 1 is 1.13 bits per heavy atom. The van der Waals surface area contributed by atoms with Crippen LogP contribution >= 0.6 is 22.9 Å². The van der Waals surface area contributed by atoms with Crippen LogP contribution in [0.2, 0.25) is 5.02 Å². The third-order valence-corrected chi connectivity index (χ3v) is 7.31. The highest BCUT2D eigenvalue weighted by molar-refractivity contribution is 7.17. The van der Waals surface area contributed by atoms with E-state index in [0.717, 1.165) is 44.0 Å². The maximum Gasteiger partial charge on any atom is 0.0489 e. The summed E-state index contributed by atoms with van der Waals surface area (Å²) >= 11 is 8.03. The van der Waals surface area contributed by atoms with Crippen LogP contribution in [0.4, 0.5) is 0 Å². The lowest BCUT2D eigenvalue weighted by Gasteiger charge is -2.26. The second-order valence-electron chi connectivity index (χ2n) is 7.93. The molecular formula is C26H25ClN2S. The van der Waals surface area contributed by atoms with Gasteiger partial charge in [-0.2, -0.15) is 0 Å². The van der Waals surface area contributed by atoms with E-state index >= 15 is 0 Å². The Bertz CT molecular complexity index is 1250. The van der Waals surface area contributed by atoms with Gasteiger partial charge in [-0.15, -0.1) is 17.9 Å². The van der Waals surface area contributed by atoms with E-state index in [4.69, 9.17) is 11.6 Å². The second-order valence-corrected chi connectivity index (χ2v) is 9.28. The quantitative estimate of drug-likeness (QED) is 0.297. The summed E-state index contributed by atoms with van der Waals surface area (Å²) in [5.41, 5.74) is 5.56. The molecule has 0 atom stereocenters. The van der Waals surface area contributed by atoms with Gasteiger partial charge in [0.05, 0.1) is 0 Å². The van der Waals surface area contributed by atoms with Crippen LogP contribution < -0.4 is 0 Å². The highest BCUT2D eigenvalue weighted by Crippen LogP contribution is 2.32. The molecule has 5 rings (SSSR count). The minimum atomic E-state index is 0.823. The fourth-order valence-corrected chi connectivity index (χ4v) is 5.63. The lowest BCUT2D eigenvalue weighted by molar-refractivity contribution is 0.306. The van der Waals surface area contributed by atoms with Gasteiger partial charge in [0.1, 0.15) is 0 Å². The summed E-state index contributed by atoms with van der Waals surface area (Å²) in [6, 6.07) is 14.9. The van der Waals surface area contributed by atoms with Gasteiger partial charge in [0, 0.05) is 58.6 Å². The molecule has 0 spiro atoms. The van der Waals surface area contributed by atoms with Crippen molar-refractivity contribution in [3.05, 3.63) is 88.9 Å². The fraction of sp³-hybridized carbons (Fsp3) is 0.231. The summed E-state index contributed by atoms with van der Waals surface area (Å²) in [6.45, 7) is 7.96. The van der Waals surface area contributed by atoms with Crippen molar-refractivity contribution in [1.82, 2.24) is 9.47 Å². The smallest absolute Gasteiger partial charge is 0.0489 e. The number of benzene rings is 2. The van der Waals surface area contributed by atoms with E-state index in [1.54, 1.807) is 0 Å². The number of fused-ring (bicyclic) bond motifs is 2. The first-order valence-corrected chi connectivity index (χ1v) is 11.7. The van der Waals surface area contributed by atoms with Crippen molar-refractivity contribution in [3.63, 3.8) is 0 Å². The van der Waals surface area contributed by atoms with Gasteiger partial charge in [0.15, 0.2) is 0 Å². The number of hydrogen-bond acceptors (Lipinski definition) is 2. The molecule has 152 valence electrons. The topological polar surface area (TPSA) is 8.17 Å². The molecule has 0 radical (unpaired) electrons. The highest BCUT2D eigenvalue weighted by Gasteiger charge is 2.17. The van der Waals surface area contributed by atoms with Gasteiger partial charge in [-0.3, -0.25) is 4.90 Å². The Morgan fingerprint density at radius 3 is 2.87 bits per heavy atom. The zero-order chi connectivity index (χ0) is 20.5. The molecule has 2 aromatic heterocycles. The first-order chi connectivity index (χ1) is 14.7. The normalized spacial score (nSPS) is 15.0. The van der Waals surface area contributed by atoms with E-state index in [1.165, 1.54) is 37.7 Å². The number of aromatic nitrogens is 1. The molecule has 0 N–H and O–H groups in total. The van der Waals surface area contributed by atoms with Crippen molar-refractivity contribution in [2.45, 2.75) is 19.4 Å². The van der Waals surface area contributed by atoms with Crippen LogP contribution in [-0.4, -0.2) is 29.1 Å². The average Bonchev–Trinajstić information content (AvgIpc) is 3.34. The van der Waals surface area contributed by atoms with Crippen molar-refractivity contribution in [1.29, 1.82) is 0 Å². The van der Waals surface area contributed by atoms with Crippen LogP contribution in [0.1, 0.15) is 17.5 Å². The van der Waals surface area contributed by atoms with Gasteiger partial charge in [0.25, 0.3) is 0 Å². The van der Waals surface area contributed by atoms with Crippen molar-refractivity contribution in [3.8, 4) is 0 Å². The monoisotopic (exact) mass is 432 g/mol. The van der Waals surface area contributed by atoms with Crippen LogP contribution in [0.3, 0.4) is 0 Å². The molecule has 0 amide bonds.